The third-order valence-corrected chi connectivity index (χ3v) is 3.02. The Morgan fingerprint density at radius 2 is 2.06 bits per heavy atom. The van der Waals surface area contributed by atoms with Gasteiger partial charge in [-0.05, 0) is 26.7 Å². The van der Waals surface area contributed by atoms with Gasteiger partial charge in [0.05, 0.1) is 6.10 Å². The highest BCUT2D eigenvalue weighted by atomic mass is 16.5. The molecule has 17 heavy (non-hydrogen) atoms. The Kier molecular flexibility index (Phi) is 3.78. The van der Waals surface area contributed by atoms with Crippen molar-refractivity contribution in [2.75, 3.05) is 30.8 Å². The van der Waals surface area contributed by atoms with Crippen LogP contribution < -0.4 is 10.6 Å². The number of hydrogen-bond donors (Lipinski definition) is 2. The molecule has 2 heterocycles. The fourth-order valence-electron chi connectivity index (χ4n) is 2.06. The Morgan fingerprint density at radius 3 is 2.71 bits per heavy atom. The molecule has 1 aliphatic rings. The second kappa shape index (κ2) is 5.31. The Hall–Kier alpha value is -1.36. The van der Waals surface area contributed by atoms with E-state index < -0.39 is 0 Å². The molecule has 1 atom stereocenters. The van der Waals surface area contributed by atoms with Crippen molar-refractivity contribution in [2.45, 2.75) is 32.8 Å². The van der Waals surface area contributed by atoms with Gasteiger partial charge in [-0.1, -0.05) is 0 Å². The first-order valence-corrected chi connectivity index (χ1v) is 6.09. The molecule has 2 rings (SSSR count). The van der Waals surface area contributed by atoms with Gasteiger partial charge in [0.15, 0.2) is 0 Å². The van der Waals surface area contributed by atoms with Crippen LogP contribution in [0.4, 0.5) is 11.6 Å². The average molecular weight is 236 g/mol. The van der Waals surface area contributed by atoms with Crippen molar-refractivity contribution in [3.05, 3.63) is 11.4 Å². The van der Waals surface area contributed by atoms with Crippen molar-refractivity contribution < 1.29 is 4.74 Å². The van der Waals surface area contributed by atoms with Crippen molar-refractivity contribution in [2.24, 2.45) is 0 Å². The lowest BCUT2D eigenvalue weighted by Gasteiger charge is -2.15. The highest BCUT2D eigenvalue weighted by molar-refractivity contribution is 5.56. The van der Waals surface area contributed by atoms with Crippen LogP contribution in [0.2, 0.25) is 0 Å². The maximum Gasteiger partial charge on any atom is 0.134 e. The third-order valence-electron chi connectivity index (χ3n) is 3.02. The van der Waals surface area contributed by atoms with E-state index in [9.17, 15) is 0 Å². The highest BCUT2D eigenvalue weighted by Crippen LogP contribution is 2.20. The lowest BCUT2D eigenvalue weighted by molar-refractivity contribution is 0.120. The van der Waals surface area contributed by atoms with Crippen LogP contribution in [0.3, 0.4) is 0 Å². The van der Waals surface area contributed by atoms with E-state index in [0.717, 1.165) is 49.0 Å². The molecule has 94 valence electrons. The summed E-state index contributed by atoms with van der Waals surface area (Å²) in [5, 5.41) is 6.44. The highest BCUT2D eigenvalue weighted by Gasteiger charge is 2.16. The van der Waals surface area contributed by atoms with Crippen LogP contribution in [-0.4, -0.2) is 36.3 Å². The molecule has 0 aliphatic carbocycles. The number of hydrogen-bond acceptors (Lipinski definition) is 5. The molecule has 0 radical (unpaired) electrons. The van der Waals surface area contributed by atoms with Crippen LogP contribution in [0.1, 0.15) is 24.2 Å². The molecule has 5 heteroatoms. The summed E-state index contributed by atoms with van der Waals surface area (Å²) >= 11 is 0. The number of ether oxygens (including phenoxy) is 1. The molecular formula is C12H20N4O. The molecule has 0 saturated carbocycles. The van der Waals surface area contributed by atoms with Crippen LogP contribution in [0.25, 0.3) is 0 Å². The summed E-state index contributed by atoms with van der Waals surface area (Å²) in [6, 6.07) is 0. The topological polar surface area (TPSA) is 59.1 Å². The Morgan fingerprint density at radius 1 is 1.29 bits per heavy atom. The summed E-state index contributed by atoms with van der Waals surface area (Å²) in [4.78, 5) is 8.76. The van der Waals surface area contributed by atoms with Crippen LogP contribution in [0, 0.1) is 13.8 Å². The summed E-state index contributed by atoms with van der Waals surface area (Å²) < 4.78 is 5.58. The fourth-order valence-corrected chi connectivity index (χ4v) is 2.06. The number of anilines is 2. The number of aromatic nitrogens is 2. The summed E-state index contributed by atoms with van der Waals surface area (Å²) in [6.07, 6.45) is 2.62. The lowest BCUT2D eigenvalue weighted by Crippen LogP contribution is -2.20. The largest absolute Gasteiger partial charge is 0.376 e. The van der Waals surface area contributed by atoms with Crippen LogP contribution in [0.5, 0.6) is 0 Å². The van der Waals surface area contributed by atoms with E-state index in [2.05, 4.69) is 20.6 Å². The van der Waals surface area contributed by atoms with E-state index in [1.807, 2.05) is 20.9 Å². The zero-order chi connectivity index (χ0) is 12.3. The predicted molar refractivity (Wildman–Crippen MR) is 68.5 cm³/mol. The Balaban J connectivity index is 2.06. The van der Waals surface area contributed by atoms with Crippen molar-refractivity contribution in [1.29, 1.82) is 0 Å². The third kappa shape index (κ3) is 2.85. The van der Waals surface area contributed by atoms with Gasteiger partial charge in [0.2, 0.25) is 0 Å². The van der Waals surface area contributed by atoms with Gasteiger partial charge in [-0.2, -0.15) is 0 Å². The van der Waals surface area contributed by atoms with Crippen molar-refractivity contribution in [3.63, 3.8) is 0 Å². The van der Waals surface area contributed by atoms with E-state index in [1.165, 1.54) is 0 Å². The first-order chi connectivity index (χ1) is 8.20. The standard InChI is InChI=1S/C12H20N4O/c1-8-11(13-3)15-9(2)16-12(8)14-7-10-5-4-6-17-10/h10H,4-7H2,1-3H3,(H2,13,14,15,16). The maximum atomic E-state index is 5.58. The van der Waals surface area contributed by atoms with Crippen molar-refractivity contribution in [1.82, 2.24) is 9.97 Å². The summed E-state index contributed by atoms with van der Waals surface area (Å²) in [7, 11) is 1.87. The van der Waals surface area contributed by atoms with Gasteiger partial charge in [-0.25, -0.2) is 9.97 Å². The van der Waals surface area contributed by atoms with Gasteiger partial charge in [-0.15, -0.1) is 0 Å². The van der Waals surface area contributed by atoms with Crippen LogP contribution in [-0.2, 0) is 4.74 Å². The Labute approximate surface area is 102 Å². The average Bonchev–Trinajstić information content (AvgIpc) is 2.82. The minimum Gasteiger partial charge on any atom is -0.376 e. The Bertz CT molecular complexity index is 388. The molecule has 1 aromatic heterocycles. The van der Waals surface area contributed by atoms with Gasteiger partial charge in [0.1, 0.15) is 17.5 Å². The molecule has 1 unspecified atom stereocenters. The molecule has 1 aliphatic heterocycles. The first kappa shape index (κ1) is 12.1. The van der Waals surface area contributed by atoms with E-state index in [-0.39, 0.29) is 0 Å². The normalized spacial score (nSPS) is 19.4. The van der Waals surface area contributed by atoms with Gasteiger partial charge in [0.25, 0.3) is 0 Å². The van der Waals surface area contributed by atoms with E-state index >= 15 is 0 Å². The van der Waals surface area contributed by atoms with E-state index in [1.54, 1.807) is 0 Å². The molecule has 0 spiro atoms. The molecule has 0 aromatic carbocycles. The predicted octanol–water partition coefficient (Wildman–Crippen LogP) is 1.73. The zero-order valence-electron chi connectivity index (χ0n) is 10.7. The minimum atomic E-state index is 0.322. The summed E-state index contributed by atoms with van der Waals surface area (Å²) in [6.45, 7) is 5.62. The van der Waals surface area contributed by atoms with E-state index in [4.69, 9.17) is 4.74 Å². The molecule has 5 nitrogen and oxygen atoms in total. The van der Waals surface area contributed by atoms with Crippen molar-refractivity contribution in [3.8, 4) is 0 Å². The molecular weight excluding hydrogens is 216 g/mol. The van der Waals surface area contributed by atoms with Gasteiger partial charge < -0.3 is 15.4 Å². The lowest BCUT2D eigenvalue weighted by atomic mass is 10.2. The number of nitrogens with one attached hydrogen (secondary N) is 2. The minimum absolute atomic E-state index is 0.322. The number of aryl methyl sites for hydroxylation is 1. The van der Waals surface area contributed by atoms with Crippen LogP contribution >= 0.6 is 0 Å². The number of nitrogens with zero attached hydrogens (tertiary/aromatic N) is 2. The fraction of sp³-hybridized carbons (Fsp3) is 0.667. The second-order valence-electron chi connectivity index (χ2n) is 4.36. The molecule has 1 aromatic rings. The summed E-state index contributed by atoms with van der Waals surface area (Å²) in [5.41, 5.74) is 1.05. The molecule has 0 bridgehead atoms. The molecule has 1 fully saturated rings. The second-order valence-corrected chi connectivity index (χ2v) is 4.36. The van der Waals surface area contributed by atoms with Crippen LogP contribution in [0.15, 0.2) is 0 Å². The molecule has 0 amide bonds. The van der Waals surface area contributed by atoms with Gasteiger partial charge >= 0.3 is 0 Å². The monoisotopic (exact) mass is 236 g/mol. The molecule has 2 N–H and O–H groups in total. The first-order valence-electron chi connectivity index (χ1n) is 6.09. The van der Waals surface area contributed by atoms with Gasteiger partial charge in [0, 0.05) is 25.8 Å². The smallest absolute Gasteiger partial charge is 0.134 e. The van der Waals surface area contributed by atoms with E-state index in [0.29, 0.717) is 6.10 Å². The quantitative estimate of drug-likeness (QED) is 0.833. The zero-order valence-corrected chi connectivity index (χ0v) is 10.7. The molecule has 1 saturated heterocycles. The van der Waals surface area contributed by atoms with Gasteiger partial charge in [-0.3, -0.25) is 0 Å². The number of rotatable bonds is 4. The summed E-state index contributed by atoms with van der Waals surface area (Å²) in [5.74, 6) is 2.56. The SMILES string of the molecule is CNc1nc(C)nc(NCC2CCCO2)c1C. The van der Waals surface area contributed by atoms with Crippen molar-refractivity contribution >= 4 is 11.6 Å². The maximum absolute atomic E-state index is 5.58.